The average Bonchev–Trinajstić information content (AvgIpc) is 2.49. The summed E-state index contributed by atoms with van der Waals surface area (Å²) in [5.74, 6) is 0.652. The molecule has 1 heterocycles. The van der Waals surface area contributed by atoms with Crippen molar-refractivity contribution in [3.8, 4) is 0 Å². The first-order valence-electron chi connectivity index (χ1n) is 4.14. The summed E-state index contributed by atoms with van der Waals surface area (Å²) < 4.78 is 5.08. The van der Waals surface area contributed by atoms with Crippen molar-refractivity contribution in [3.05, 3.63) is 5.82 Å². The van der Waals surface area contributed by atoms with Crippen LogP contribution in [0.1, 0.15) is 12.7 Å². The van der Waals surface area contributed by atoms with Crippen molar-refractivity contribution in [2.45, 2.75) is 25.5 Å². The number of rotatable bonds is 4. The Labute approximate surface area is 77.1 Å². The number of tetrazole rings is 1. The largest absolute Gasteiger partial charge is 0.380 e. The molecule has 13 heavy (non-hydrogen) atoms. The summed E-state index contributed by atoms with van der Waals surface area (Å²) >= 11 is 0. The smallest absolute Gasteiger partial charge is 0.176 e. The summed E-state index contributed by atoms with van der Waals surface area (Å²) in [4.78, 5) is 1.42. The van der Waals surface area contributed by atoms with Crippen molar-refractivity contribution in [1.29, 1.82) is 0 Å². The van der Waals surface area contributed by atoms with Gasteiger partial charge in [0.25, 0.3) is 0 Å². The van der Waals surface area contributed by atoms with Crippen molar-refractivity contribution < 1.29 is 4.74 Å². The average molecular weight is 185 g/mol. The van der Waals surface area contributed by atoms with Gasteiger partial charge in [0, 0.05) is 19.6 Å². The maximum absolute atomic E-state index is 5.83. The monoisotopic (exact) mass is 185 g/mol. The first-order chi connectivity index (χ1) is 6.13. The molecule has 74 valence electrons. The fraction of sp³-hybridized carbons (Fsp3) is 0.857. The van der Waals surface area contributed by atoms with Gasteiger partial charge in [-0.05, 0) is 12.1 Å². The lowest BCUT2D eigenvalue weighted by Crippen LogP contribution is -2.36. The SMILES string of the molecule is COC(C)C(N)Cc1nnn(C)n1. The zero-order valence-corrected chi connectivity index (χ0v) is 8.14. The maximum Gasteiger partial charge on any atom is 0.176 e. The highest BCUT2D eigenvalue weighted by atomic mass is 16.5. The Morgan fingerprint density at radius 2 is 2.31 bits per heavy atom. The molecule has 0 saturated heterocycles. The molecule has 0 aromatic carbocycles. The molecule has 0 aliphatic carbocycles. The van der Waals surface area contributed by atoms with Crippen molar-refractivity contribution in [3.63, 3.8) is 0 Å². The van der Waals surface area contributed by atoms with Gasteiger partial charge in [-0.1, -0.05) is 0 Å². The van der Waals surface area contributed by atoms with Gasteiger partial charge < -0.3 is 10.5 Å². The zero-order chi connectivity index (χ0) is 9.84. The molecule has 2 N–H and O–H groups in total. The van der Waals surface area contributed by atoms with Crippen LogP contribution in [0.25, 0.3) is 0 Å². The Bertz CT molecular complexity index is 261. The summed E-state index contributed by atoms with van der Waals surface area (Å²) in [6.07, 6.45) is 0.590. The Morgan fingerprint density at radius 3 is 2.77 bits per heavy atom. The van der Waals surface area contributed by atoms with Gasteiger partial charge in [0.2, 0.25) is 0 Å². The Kier molecular flexibility index (Phi) is 3.32. The number of aryl methyl sites for hydroxylation is 1. The third kappa shape index (κ3) is 2.74. The van der Waals surface area contributed by atoms with E-state index in [1.165, 1.54) is 4.80 Å². The van der Waals surface area contributed by atoms with Crippen LogP contribution in [0.5, 0.6) is 0 Å². The van der Waals surface area contributed by atoms with Crippen molar-refractivity contribution in [2.24, 2.45) is 12.8 Å². The number of nitrogens with zero attached hydrogens (tertiary/aromatic N) is 4. The maximum atomic E-state index is 5.83. The normalized spacial score (nSPS) is 15.7. The van der Waals surface area contributed by atoms with Gasteiger partial charge in [-0.25, -0.2) is 0 Å². The van der Waals surface area contributed by atoms with Crippen molar-refractivity contribution >= 4 is 0 Å². The van der Waals surface area contributed by atoms with Crippen molar-refractivity contribution in [2.75, 3.05) is 7.11 Å². The quantitative estimate of drug-likeness (QED) is 0.658. The molecule has 6 nitrogen and oxygen atoms in total. The molecule has 0 saturated carbocycles. The summed E-state index contributed by atoms with van der Waals surface area (Å²) in [6.45, 7) is 1.92. The molecule has 2 unspecified atom stereocenters. The lowest BCUT2D eigenvalue weighted by Gasteiger charge is -2.16. The Balaban J connectivity index is 2.49. The van der Waals surface area contributed by atoms with Gasteiger partial charge >= 0.3 is 0 Å². The standard InChI is InChI=1S/C7H15N5O/c1-5(13-3)6(8)4-7-9-11-12(2)10-7/h5-6H,4,8H2,1-3H3. The number of ether oxygens (including phenoxy) is 1. The van der Waals surface area contributed by atoms with E-state index in [4.69, 9.17) is 10.5 Å². The molecule has 1 aromatic heterocycles. The minimum absolute atomic E-state index is 0.00352. The summed E-state index contributed by atoms with van der Waals surface area (Å²) in [5, 5.41) is 11.6. The fourth-order valence-electron chi connectivity index (χ4n) is 0.957. The Morgan fingerprint density at radius 1 is 1.62 bits per heavy atom. The van der Waals surface area contributed by atoms with E-state index in [0.29, 0.717) is 12.2 Å². The topological polar surface area (TPSA) is 78.9 Å². The van der Waals surface area contributed by atoms with Gasteiger partial charge in [-0.2, -0.15) is 4.80 Å². The lowest BCUT2D eigenvalue weighted by atomic mass is 10.1. The second-order valence-corrected chi connectivity index (χ2v) is 3.00. The van der Waals surface area contributed by atoms with E-state index in [1.807, 2.05) is 6.92 Å². The molecule has 6 heteroatoms. The third-order valence-electron chi connectivity index (χ3n) is 1.94. The predicted molar refractivity (Wildman–Crippen MR) is 46.9 cm³/mol. The molecule has 0 aliphatic rings. The van der Waals surface area contributed by atoms with E-state index >= 15 is 0 Å². The lowest BCUT2D eigenvalue weighted by molar-refractivity contribution is 0.0949. The van der Waals surface area contributed by atoms with Crippen LogP contribution < -0.4 is 5.73 Å². The van der Waals surface area contributed by atoms with Gasteiger partial charge in [0.15, 0.2) is 5.82 Å². The molecule has 0 radical (unpaired) electrons. The Hall–Kier alpha value is -1.01. The number of hydrogen-bond donors (Lipinski definition) is 1. The molecular weight excluding hydrogens is 170 g/mol. The first-order valence-corrected chi connectivity index (χ1v) is 4.14. The van der Waals surface area contributed by atoms with Crippen LogP contribution in [0.15, 0.2) is 0 Å². The van der Waals surface area contributed by atoms with Crippen LogP contribution in [-0.4, -0.2) is 39.5 Å². The molecule has 0 aliphatic heterocycles. The molecule has 0 bridgehead atoms. The van der Waals surface area contributed by atoms with E-state index in [9.17, 15) is 0 Å². The highest BCUT2D eigenvalue weighted by Gasteiger charge is 2.14. The van der Waals surface area contributed by atoms with Crippen LogP contribution in [0.3, 0.4) is 0 Å². The van der Waals surface area contributed by atoms with Gasteiger partial charge in [-0.3, -0.25) is 0 Å². The summed E-state index contributed by atoms with van der Waals surface area (Å²) in [5.41, 5.74) is 5.83. The molecule has 1 aromatic rings. The highest BCUT2D eigenvalue weighted by molar-refractivity contribution is 4.85. The molecule has 0 amide bonds. The van der Waals surface area contributed by atoms with Gasteiger partial charge in [0.05, 0.1) is 13.2 Å². The van der Waals surface area contributed by atoms with Gasteiger partial charge in [-0.15, -0.1) is 10.2 Å². The van der Waals surface area contributed by atoms with Crippen LogP contribution in [0.2, 0.25) is 0 Å². The fourth-order valence-corrected chi connectivity index (χ4v) is 0.957. The molecule has 0 spiro atoms. The van der Waals surface area contributed by atoms with Crippen molar-refractivity contribution in [1.82, 2.24) is 20.2 Å². The number of hydrogen-bond acceptors (Lipinski definition) is 5. The third-order valence-corrected chi connectivity index (χ3v) is 1.94. The van der Waals surface area contributed by atoms with E-state index in [0.717, 1.165) is 0 Å². The van der Waals surface area contributed by atoms with Crippen LogP contribution in [0, 0.1) is 0 Å². The van der Waals surface area contributed by atoms with Crippen LogP contribution in [0.4, 0.5) is 0 Å². The second-order valence-electron chi connectivity index (χ2n) is 3.00. The van der Waals surface area contributed by atoms with Gasteiger partial charge in [0.1, 0.15) is 0 Å². The summed E-state index contributed by atoms with van der Waals surface area (Å²) in [6, 6.07) is -0.0887. The number of aromatic nitrogens is 4. The highest BCUT2D eigenvalue weighted by Crippen LogP contribution is 1.99. The van der Waals surface area contributed by atoms with Crippen LogP contribution >= 0.6 is 0 Å². The zero-order valence-electron chi connectivity index (χ0n) is 8.14. The van der Waals surface area contributed by atoms with Crippen LogP contribution in [-0.2, 0) is 18.2 Å². The molecule has 0 fully saturated rings. The minimum Gasteiger partial charge on any atom is -0.380 e. The molecule has 1 rings (SSSR count). The first kappa shape index (κ1) is 10.1. The van der Waals surface area contributed by atoms with E-state index < -0.39 is 0 Å². The predicted octanol–water partition coefficient (Wildman–Crippen LogP) is -0.885. The minimum atomic E-state index is -0.0887. The second kappa shape index (κ2) is 4.29. The number of nitrogens with two attached hydrogens (primary N) is 1. The van der Waals surface area contributed by atoms with E-state index in [-0.39, 0.29) is 12.1 Å². The molecular formula is C7H15N5O. The number of methoxy groups -OCH3 is 1. The van der Waals surface area contributed by atoms with E-state index in [2.05, 4.69) is 15.4 Å². The van der Waals surface area contributed by atoms with E-state index in [1.54, 1.807) is 14.2 Å². The molecule has 2 atom stereocenters. The summed E-state index contributed by atoms with van der Waals surface area (Å²) in [7, 11) is 3.36.